The number of hydrogen-bond acceptors (Lipinski definition) is 5. The summed E-state index contributed by atoms with van der Waals surface area (Å²) in [7, 11) is 0. The number of aldehydes is 1. The fraction of sp³-hybridized carbons (Fsp3) is 0.600. The van der Waals surface area contributed by atoms with E-state index in [1.807, 2.05) is 6.08 Å². The first kappa shape index (κ1) is 24.8. The van der Waals surface area contributed by atoms with Crippen molar-refractivity contribution in [3.8, 4) is 0 Å². The van der Waals surface area contributed by atoms with Crippen LogP contribution in [0, 0.1) is 23.2 Å². The van der Waals surface area contributed by atoms with Gasteiger partial charge in [-0.2, -0.15) is 0 Å². The zero-order valence-electron chi connectivity index (χ0n) is 19.0. The molecule has 5 atom stereocenters. The molecule has 0 amide bonds. The van der Waals surface area contributed by atoms with E-state index in [2.05, 4.69) is 20.4 Å². The Hall–Kier alpha value is -2.50. The summed E-state index contributed by atoms with van der Waals surface area (Å²) in [5.74, 6) is -2.91. The predicted octanol–water partition coefficient (Wildman–Crippen LogP) is 4.44. The number of ether oxygens (including phenoxy) is 1. The number of carbonyl (C=O) groups is 4. The molecule has 0 radical (unpaired) electrons. The number of ketones is 1. The van der Waals surface area contributed by atoms with Crippen LogP contribution in [-0.2, 0) is 23.9 Å². The van der Waals surface area contributed by atoms with Crippen LogP contribution in [-0.4, -0.2) is 35.2 Å². The second-order valence-electron chi connectivity index (χ2n) is 9.20. The molecule has 0 saturated heterocycles. The first-order valence-corrected chi connectivity index (χ1v) is 11.1. The Kier molecular flexibility index (Phi) is 8.15. The van der Waals surface area contributed by atoms with E-state index in [1.54, 1.807) is 13.8 Å². The summed E-state index contributed by atoms with van der Waals surface area (Å²) < 4.78 is 5.78. The van der Waals surface area contributed by atoms with Crippen molar-refractivity contribution in [3.05, 3.63) is 35.5 Å². The lowest BCUT2D eigenvalue weighted by molar-refractivity contribution is -0.152. The fourth-order valence-corrected chi connectivity index (χ4v) is 4.90. The van der Waals surface area contributed by atoms with Crippen molar-refractivity contribution in [1.29, 1.82) is 0 Å². The normalized spacial score (nSPS) is 29.4. The molecule has 1 N–H and O–H groups in total. The third kappa shape index (κ3) is 5.41. The van der Waals surface area contributed by atoms with Crippen LogP contribution >= 0.6 is 0 Å². The first-order valence-electron chi connectivity index (χ1n) is 11.1. The number of aliphatic carboxylic acids is 1. The zero-order valence-corrected chi connectivity index (χ0v) is 19.0. The third-order valence-corrected chi connectivity index (χ3v) is 6.78. The van der Waals surface area contributed by atoms with Gasteiger partial charge in [0.2, 0.25) is 0 Å². The summed E-state index contributed by atoms with van der Waals surface area (Å²) in [6.45, 7) is 11.3. The van der Waals surface area contributed by atoms with Gasteiger partial charge >= 0.3 is 11.9 Å². The van der Waals surface area contributed by atoms with Gasteiger partial charge in [0.25, 0.3) is 0 Å². The highest BCUT2D eigenvalue weighted by molar-refractivity contribution is 6.00. The summed E-state index contributed by atoms with van der Waals surface area (Å²) in [6.07, 6.45) is 7.19. The van der Waals surface area contributed by atoms with E-state index in [0.717, 1.165) is 19.3 Å². The van der Waals surface area contributed by atoms with Crippen LogP contribution < -0.4 is 0 Å². The molecule has 0 spiro atoms. The summed E-state index contributed by atoms with van der Waals surface area (Å²) in [5, 5.41) is 9.80. The lowest BCUT2D eigenvalue weighted by Crippen LogP contribution is -2.49. The molecular weight excluding hydrogens is 396 g/mol. The Morgan fingerprint density at radius 2 is 2.06 bits per heavy atom. The Morgan fingerprint density at radius 3 is 2.65 bits per heavy atom. The highest BCUT2D eigenvalue weighted by Gasteiger charge is 2.53. The maximum absolute atomic E-state index is 12.7. The molecule has 2 rings (SSSR count). The monoisotopic (exact) mass is 430 g/mol. The van der Waals surface area contributed by atoms with Gasteiger partial charge < -0.3 is 9.84 Å². The van der Waals surface area contributed by atoms with E-state index < -0.39 is 35.3 Å². The van der Waals surface area contributed by atoms with E-state index in [4.69, 9.17) is 4.74 Å². The number of hydrogen-bond donors (Lipinski definition) is 1. The van der Waals surface area contributed by atoms with Gasteiger partial charge in [-0.3, -0.25) is 14.4 Å². The summed E-state index contributed by atoms with van der Waals surface area (Å²) in [6, 6.07) is 0. The van der Waals surface area contributed by atoms with Crippen LogP contribution in [0.2, 0.25) is 0 Å². The molecule has 1 unspecified atom stereocenters. The van der Waals surface area contributed by atoms with Gasteiger partial charge in [0, 0.05) is 11.0 Å². The predicted molar refractivity (Wildman–Crippen MR) is 117 cm³/mol. The molecule has 0 heterocycles. The number of carboxylic acids is 1. The molecule has 0 aromatic heterocycles. The maximum atomic E-state index is 12.7. The van der Waals surface area contributed by atoms with Crippen molar-refractivity contribution in [2.75, 3.05) is 0 Å². The van der Waals surface area contributed by atoms with Crippen molar-refractivity contribution in [2.45, 2.75) is 72.3 Å². The van der Waals surface area contributed by atoms with Crippen LogP contribution in [0.15, 0.2) is 35.5 Å². The van der Waals surface area contributed by atoms with Crippen LogP contribution in [0.4, 0.5) is 0 Å². The van der Waals surface area contributed by atoms with Crippen molar-refractivity contribution in [1.82, 2.24) is 0 Å². The number of carbonyl (C=O) groups excluding carboxylic acids is 3. The minimum Gasteiger partial charge on any atom is -0.481 e. The number of carboxylic acid groups (broad SMARTS) is 1. The summed E-state index contributed by atoms with van der Waals surface area (Å²) >= 11 is 0. The number of esters is 1. The second kappa shape index (κ2) is 10.2. The lowest BCUT2D eigenvalue weighted by Gasteiger charge is -2.48. The van der Waals surface area contributed by atoms with E-state index in [-0.39, 0.29) is 23.7 Å². The van der Waals surface area contributed by atoms with E-state index in [9.17, 15) is 24.3 Å². The van der Waals surface area contributed by atoms with Crippen LogP contribution in [0.5, 0.6) is 0 Å². The van der Waals surface area contributed by atoms with Gasteiger partial charge in [-0.1, -0.05) is 46.3 Å². The fourth-order valence-electron chi connectivity index (χ4n) is 4.90. The SMILES string of the molecule is C=C(C=O)[C@H]1C[C@]2(C)C(=CC1=O)[C@@H](OC(=O)/C(C)=C/C(C)CCCC)CC[C@H]2C(=O)O. The van der Waals surface area contributed by atoms with Crippen molar-refractivity contribution < 1.29 is 29.0 Å². The highest BCUT2D eigenvalue weighted by atomic mass is 16.5. The molecule has 1 saturated carbocycles. The number of unbranched alkanes of at least 4 members (excludes halogenated alkanes) is 1. The molecule has 2 aliphatic rings. The number of rotatable bonds is 9. The average Bonchev–Trinajstić information content (AvgIpc) is 2.71. The second-order valence-corrected chi connectivity index (χ2v) is 9.20. The van der Waals surface area contributed by atoms with E-state index in [0.29, 0.717) is 30.3 Å². The van der Waals surface area contributed by atoms with Gasteiger partial charge in [-0.15, -0.1) is 0 Å². The maximum Gasteiger partial charge on any atom is 0.333 e. The van der Waals surface area contributed by atoms with E-state index >= 15 is 0 Å². The molecule has 0 aromatic rings. The average molecular weight is 431 g/mol. The molecule has 0 bridgehead atoms. The largest absolute Gasteiger partial charge is 0.481 e. The number of allylic oxidation sites excluding steroid dienone is 3. The van der Waals surface area contributed by atoms with Gasteiger partial charge in [-0.25, -0.2) is 4.79 Å². The van der Waals surface area contributed by atoms with Gasteiger partial charge in [0.1, 0.15) is 12.4 Å². The minimum absolute atomic E-state index is 0.143. The van der Waals surface area contributed by atoms with Gasteiger partial charge in [-0.05, 0) is 55.7 Å². The molecular formula is C25H34O6. The van der Waals surface area contributed by atoms with Crippen molar-refractivity contribution >= 4 is 24.0 Å². The standard InChI is InChI=1S/C25H34O6/c1-6-7-8-15(2)11-16(3)24(30)31-22-10-9-19(23(28)29)25(5)13-18(17(4)14-26)21(27)12-20(22)25/h11-12,14-15,18-19,22H,4,6-10,13H2,1-3,5H3,(H,28,29)/b16-11+/t15?,18-,19+,22+,25+/m1/s1. The summed E-state index contributed by atoms with van der Waals surface area (Å²) in [5.41, 5.74) is 0.294. The highest BCUT2D eigenvalue weighted by Crippen LogP contribution is 2.53. The molecule has 1 fully saturated rings. The third-order valence-electron chi connectivity index (χ3n) is 6.78. The molecule has 6 heteroatoms. The van der Waals surface area contributed by atoms with Gasteiger partial charge in [0.15, 0.2) is 5.78 Å². The Bertz CT molecular complexity index is 820. The van der Waals surface area contributed by atoms with E-state index in [1.165, 1.54) is 6.08 Å². The Morgan fingerprint density at radius 1 is 1.39 bits per heavy atom. The first-order chi connectivity index (χ1) is 14.5. The Labute approximate surface area is 184 Å². The molecule has 0 aromatic carbocycles. The van der Waals surface area contributed by atoms with Gasteiger partial charge in [0.05, 0.1) is 11.8 Å². The van der Waals surface area contributed by atoms with Crippen LogP contribution in [0.1, 0.15) is 66.2 Å². The molecule has 0 aliphatic heterocycles. The zero-order chi connectivity index (χ0) is 23.3. The Balaban J connectivity index is 2.30. The molecule has 2 aliphatic carbocycles. The quantitative estimate of drug-likeness (QED) is 0.330. The summed E-state index contributed by atoms with van der Waals surface area (Å²) in [4.78, 5) is 48.6. The van der Waals surface area contributed by atoms with Crippen molar-refractivity contribution in [2.24, 2.45) is 23.2 Å². The van der Waals surface area contributed by atoms with Crippen molar-refractivity contribution in [3.63, 3.8) is 0 Å². The lowest BCUT2D eigenvalue weighted by atomic mass is 9.56. The molecule has 31 heavy (non-hydrogen) atoms. The van der Waals surface area contributed by atoms with Crippen LogP contribution in [0.3, 0.4) is 0 Å². The minimum atomic E-state index is -0.955. The van der Waals surface area contributed by atoms with Crippen LogP contribution in [0.25, 0.3) is 0 Å². The number of fused-ring (bicyclic) bond motifs is 1. The topological polar surface area (TPSA) is 97.7 Å². The molecule has 6 nitrogen and oxygen atoms in total. The molecule has 170 valence electrons. The smallest absolute Gasteiger partial charge is 0.333 e.